The molecule has 0 N–H and O–H groups in total. The minimum absolute atomic E-state index is 0.0387. The van der Waals surface area contributed by atoms with Gasteiger partial charge in [-0.25, -0.2) is 13.2 Å². The summed E-state index contributed by atoms with van der Waals surface area (Å²) in [6, 6.07) is 3.98. The molecule has 1 aromatic carbocycles. The van der Waals surface area contributed by atoms with E-state index in [0.717, 1.165) is 0 Å². The first kappa shape index (κ1) is 14.1. The van der Waals surface area contributed by atoms with Crippen LogP contribution in [0.15, 0.2) is 24.4 Å². The number of rotatable bonds is 3. The second-order valence-corrected chi connectivity index (χ2v) is 6.63. The Morgan fingerprint density at radius 2 is 2.18 bits per heavy atom. The van der Waals surface area contributed by atoms with Crippen LogP contribution in [-0.4, -0.2) is 20.9 Å². The van der Waals surface area contributed by atoms with Gasteiger partial charge in [-0.05, 0) is 37.0 Å². The van der Waals surface area contributed by atoms with Gasteiger partial charge in [0.25, 0.3) is 5.92 Å². The van der Waals surface area contributed by atoms with Crippen LogP contribution in [0.1, 0.15) is 19.3 Å². The van der Waals surface area contributed by atoms with Gasteiger partial charge in [0.2, 0.25) is 0 Å². The van der Waals surface area contributed by atoms with Crippen molar-refractivity contribution in [2.24, 2.45) is 11.3 Å². The lowest BCUT2D eigenvalue weighted by Crippen LogP contribution is -2.31. The van der Waals surface area contributed by atoms with E-state index in [1.54, 1.807) is 6.20 Å². The first-order valence-corrected chi connectivity index (χ1v) is 7.52. The zero-order valence-electron chi connectivity index (χ0n) is 11.6. The van der Waals surface area contributed by atoms with Crippen LogP contribution in [0.5, 0.6) is 0 Å². The maximum atomic E-state index is 14.0. The molecule has 2 aromatic rings. The summed E-state index contributed by atoms with van der Waals surface area (Å²) in [5, 5.41) is 8.14. The summed E-state index contributed by atoms with van der Waals surface area (Å²) in [5.74, 6) is -2.98. The average molecular weight is 328 g/mol. The summed E-state index contributed by atoms with van der Waals surface area (Å²) in [6.45, 7) is 0.163. The first-order chi connectivity index (χ1) is 10.4. The molecule has 0 aliphatic heterocycles. The van der Waals surface area contributed by atoms with Crippen molar-refractivity contribution in [2.45, 2.75) is 31.7 Å². The third-order valence-electron chi connectivity index (χ3n) is 4.96. The molecular weight excluding hydrogens is 315 g/mol. The number of benzene rings is 1. The highest BCUT2D eigenvalue weighted by molar-refractivity contribution is 6.33. The van der Waals surface area contributed by atoms with E-state index in [2.05, 4.69) is 10.3 Å². The van der Waals surface area contributed by atoms with Crippen LogP contribution < -0.4 is 0 Å². The molecule has 7 heteroatoms. The Bertz CT molecular complexity index is 745. The van der Waals surface area contributed by atoms with Gasteiger partial charge in [0.1, 0.15) is 11.5 Å². The van der Waals surface area contributed by atoms with Crippen molar-refractivity contribution >= 4 is 11.6 Å². The maximum Gasteiger partial charge on any atom is 0.255 e. The summed E-state index contributed by atoms with van der Waals surface area (Å²) < 4.78 is 42.6. The molecule has 0 bridgehead atoms. The largest absolute Gasteiger partial charge is 0.255 e. The molecule has 1 aromatic heterocycles. The predicted octanol–water partition coefficient (Wildman–Crippen LogP) is 4.17. The highest BCUT2D eigenvalue weighted by Crippen LogP contribution is 2.71. The van der Waals surface area contributed by atoms with Crippen LogP contribution in [0.25, 0.3) is 11.3 Å². The molecule has 0 radical (unpaired) electrons. The minimum Gasteiger partial charge on any atom is -0.251 e. The van der Waals surface area contributed by atoms with Gasteiger partial charge >= 0.3 is 0 Å². The van der Waals surface area contributed by atoms with Crippen LogP contribution in [0.2, 0.25) is 5.02 Å². The molecule has 2 aliphatic rings. The fraction of sp³-hybridized carbons (Fsp3) is 0.467. The lowest BCUT2D eigenvalue weighted by Gasteiger charge is -2.22. The third-order valence-corrected chi connectivity index (χ3v) is 5.27. The Kier molecular flexibility index (Phi) is 2.86. The Labute approximate surface area is 130 Å². The highest BCUT2D eigenvalue weighted by atomic mass is 35.5. The van der Waals surface area contributed by atoms with E-state index in [9.17, 15) is 13.2 Å². The first-order valence-electron chi connectivity index (χ1n) is 7.15. The van der Waals surface area contributed by atoms with Crippen molar-refractivity contribution in [3.05, 3.63) is 35.2 Å². The zero-order chi connectivity index (χ0) is 15.5. The molecule has 0 spiro atoms. The van der Waals surface area contributed by atoms with E-state index in [0.29, 0.717) is 24.1 Å². The molecule has 22 heavy (non-hydrogen) atoms. The number of nitrogens with zero attached hydrogens (tertiary/aromatic N) is 3. The molecular formula is C15H13ClF3N3. The lowest BCUT2D eigenvalue weighted by atomic mass is 9.99. The van der Waals surface area contributed by atoms with Crippen LogP contribution >= 0.6 is 11.6 Å². The van der Waals surface area contributed by atoms with Crippen LogP contribution in [-0.2, 0) is 6.54 Å². The molecule has 3 nitrogen and oxygen atoms in total. The van der Waals surface area contributed by atoms with Gasteiger partial charge < -0.3 is 0 Å². The molecule has 1 heterocycles. The van der Waals surface area contributed by atoms with E-state index in [1.807, 2.05) is 0 Å². The number of hydrogen-bond donors (Lipinski definition) is 0. The van der Waals surface area contributed by atoms with Gasteiger partial charge in [-0.15, -0.1) is 5.10 Å². The van der Waals surface area contributed by atoms with Gasteiger partial charge in [0.05, 0.1) is 23.2 Å². The third kappa shape index (κ3) is 1.96. The summed E-state index contributed by atoms with van der Waals surface area (Å²) in [5.41, 5.74) is 0.0437. The number of hydrogen-bond acceptors (Lipinski definition) is 2. The summed E-state index contributed by atoms with van der Waals surface area (Å²) >= 11 is 5.99. The van der Waals surface area contributed by atoms with Gasteiger partial charge in [-0.2, -0.15) is 0 Å². The van der Waals surface area contributed by atoms with Gasteiger partial charge in [0.15, 0.2) is 0 Å². The predicted molar refractivity (Wildman–Crippen MR) is 75.1 cm³/mol. The zero-order valence-corrected chi connectivity index (χ0v) is 12.3. The quantitative estimate of drug-likeness (QED) is 0.847. The fourth-order valence-electron chi connectivity index (χ4n) is 3.61. The second kappa shape index (κ2) is 4.47. The van der Waals surface area contributed by atoms with Crippen LogP contribution in [0, 0.1) is 17.2 Å². The van der Waals surface area contributed by atoms with E-state index in [4.69, 9.17) is 11.6 Å². The van der Waals surface area contributed by atoms with E-state index in [-0.39, 0.29) is 23.9 Å². The molecule has 2 saturated carbocycles. The molecule has 2 fully saturated rings. The van der Waals surface area contributed by atoms with Crippen molar-refractivity contribution in [1.29, 1.82) is 0 Å². The van der Waals surface area contributed by atoms with Crippen LogP contribution in [0.3, 0.4) is 0 Å². The molecule has 2 atom stereocenters. The highest BCUT2D eigenvalue weighted by Gasteiger charge is 2.73. The number of alkyl halides is 2. The Balaban J connectivity index is 1.60. The Hall–Kier alpha value is -1.56. The Morgan fingerprint density at radius 1 is 1.36 bits per heavy atom. The Morgan fingerprint density at radius 3 is 2.82 bits per heavy atom. The van der Waals surface area contributed by atoms with Gasteiger partial charge in [0, 0.05) is 12.0 Å². The van der Waals surface area contributed by atoms with E-state index >= 15 is 0 Å². The number of aromatic nitrogens is 3. The fourth-order valence-corrected chi connectivity index (χ4v) is 3.87. The molecule has 0 amide bonds. The van der Waals surface area contributed by atoms with Crippen LogP contribution in [0.4, 0.5) is 13.2 Å². The number of fused-ring (bicyclic) bond motifs is 1. The smallest absolute Gasteiger partial charge is 0.251 e. The monoisotopic (exact) mass is 327 g/mol. The van der Waals surface area contributed by atoms with Gasteiger partial charge in [-0.3, -0.25) is 4.68 Å². The molecule has 0 unspecified atom stereocenters. The molecule has 4 rings (SSSR count). The maximum absolute atomic E-state index is 14.0. The normalized spacial score (nSPS) is 28.6. The van der Waals surface area contributed by atoms with E-state index < -0.39 is 17.2 Å². The van der Waals surface area contributed by atoms with E-state index in [1.165, 1.54) is 22.9 Å². The molecule has 116 valence electrons. The lowest BCUT2D eigenvalue weighted by molar-refractivity contribution is -0.0699. The van der Waals surface area contributed by atoms with Gasteiger partial charge in [-0.1, -0.05) is 16.8 Å². The topological polar surface area (TPSA) is 30.7 Å². The molecule has 0 saturated heterocycles. The standard InChI is InChI=1S/C15H13ClF3N3/c16-12-5-10(17)1-2-11(12)13-7-22(21-20-13)8-14-6-9(14)3-4-15(14,18)19/h1-2,5,7,9H,3-4,6,8H2/t9-,14-/m1/s1. The van der Waals surface area contributed by atoms with Crippen molar-refractivity contribution in [1.82, 2.24) is 15.0 Å². The van der Waals surface area contributed by atoms with Crippen molar-refractivity contribution < 1.29 is 13.2 Å². The van der Waals surface area contributed by atoms with Crippen molar-refractivity contribution in [3.8, 4) is 11.3 Å². The number of halogens is 4. The summed E-state index contributed by atoms with van der Waals surface area (Å²) in [7, 11) is 0. The summed E-state index contributed by atoms with van der Waals surface area (Å²) in [4.78, 5) is 0. The summed E-state index contributed by atoms with van der Waals surface area (Å²) in [6.07, 6.45) is 2.69. The SMILES string of the molecule is Fc1ccc(-c2cn(C[C@]34C[C@H]3CCC4(F)F)nn2)c(Cl)c1. The molecule has 2 aliphatic carbocycles. The average Bonchev–Trinajstić information content (AvgIpc) is 2.87. The second-order valence-electron chi connectivity index (χ2n) is 6.23. The van der Waals surface area contributed by atoms with Crippen molar-refractivity contribution in [3.63, 3.8) is 0 Å². The van der Waals surface area contributed by atoms with Crippen molar-refractivity contribution in [2.75, 3.05) is 0 Å². The minimum atomic E-state index is -2.63.